The van der Waals surface area contributed by atoms with E-state index in [1.807, 2.05) is 0 Å². The largest absolute Gasteiger partial charge is 0.358 e. The third-order valence-corrected chi connectivity index (χ3v) is 4.00. The fourth-order valence-electron chi connectivity index (χ4n) is 3.20. The van der Waals surface area contributed by atoms with Gasteiger partial charge in [-0.1, -0.05) is 31.0 Å². The maximum atomic E-state index is 5.76. The number of benzene rings is 1. The Morgan fingerprint density at radius 3 is 2.71 bits per heavy atom. The van der Waals surface area contributed by atoms with Crippen LogP contribution in [0.2, 0.25) is 0 Å². The molecule has 1 aromatic heterocycles. The van der Waals surface area contributed by atoms with Crippen LogP contribution >= 0.6 is 0 Å². The maximum absolute atomic E-state index is 5.76. The van der Waals surface area contributed by atoms with Gasteiger partial charge in [-0.3, -0.25) is 0 Å². The van der Waals surface area contributed by atoms with Crippen molar-refractivity contribution in [3.8, 4) is 0 Å². The molecule has 0 atom stereocenters. The van der Waals surface area contributed by atoms with Crippen molar-refractivity contribution in [1.82, 2.24) is 4.98 Å². The SMILES string of the molecule is NCCc1c(C2CCCC2)[nH]c2ccccc12. The maximum Gasteiger partial charge on any atom is 0.0459 e. The van der Waals surface area contributed by atoms with E-state index in [1.54, 1.807) is 0 Å². The van der Waals surface area contributed by atoms with Crippen molar-refractivity contribution in [3.63, 3.8) is 0 Å². The van der Waals surface area contributed by atoms with Crippen molar-refractivity contribution in [3.05, 3.63) is 35.5 Å². The third kappa shape index (κ3) is 1.87. The van der Waals surface area contributed by atoms with Crippen LogP contribution in [0.4, 0.5) is 0 Å². The minimum Gasteiger partial charge on any atom is -0.358 e. The Morgan fingerprint density at radius 2 is 1.94 bits per heavy atom. The molecule has 0 unspecified atom stereocenters. The van der Waals surface area contributed by atoms with Crippen LogP contribution in [0.15, 0.2) is 24.3 Å². The number of hydrogen-bond donors (Lipinski definition) is 2. The van der Waals surface area contributed by atoms with Crippen LogP contribution in [0.3, 0.4) is 0 Å². The quantitative estimate of drug-likeness (QED) is 0.831. The lowest BCUT2D eigenvalue weighted by Gasteiger charge is -2.10. The van der Waals surface area contributed by atoms with E-state index in [4.69, 9.17) is 5.73 Å². The normalized spacial score (nSPS) is 17.0. The zero-order valence-electron chi connectivity index (χ0n) is 10.2. The summed E-state index contributed by atoms with van der Waals surface area (Å²) in [6.07, 6.45) is 6.43. The van der Waals surface area contributed by atoms with Crippen LogP contribution in [0.5, 0.6) is 0 Å². The second-order valence-electron chi connectivity index (χ2n) is 5.08. The highest BCUT2D eigenvalue weighted by atomic mass is 14.7. The lowest BCUT2D eigenvalue weighted by molar-refractivity contribution is 0.693. The molecular weight excluding hydrogens is 208 g/mol. The summed E-state index contributed by atoms with van der Waals surface area (Å²) in [5.74, 6) is 0.740. The lowest BCUT2D eigenvalue weighted by atomic mass is 9.97. The van der Waals surface area contributed by atoms with E-state index in [9.17, 15) is 0 Å². The van der Waals surface area contributed by atoms with Crippen molar-refractivity contribution in [2.75, 3.05) is 6.54 Å². The molecule has 1 saturated carbocycles. The number of aromatic amines is 1. The van der Waals surface area contributed by atoms with Gasteiger partial charge in [-0.2, -0.15) is 0 Å². The van der Waals surface area contributed by atoms with E-state index in [1.165, 1.54) is 47.8 Å². The highest BCUT2D eigenvalue weighted by Crippen LogP contribution is 2.37. The summed E-state index contributed by atoms with van der Waals surface area (Å²) >= 11 is 0. The molecule has 90 valence electrons. The van der Waals surface area contributed by atoms with E-state index in [-0.39, 0.29) is 0 Å². The van der Waals surface area contributed by atoms with Crippen LogP contribution in [0.1, 0.15) is 42.9 Å². The van der Waals surface area contributed by atoms with Crippen molar-refractivity contribution in [1.29, 1.82) is 0 Å². The molecule has 1 aromatic carbocycles. The fourth-order valence-corrected chi connectivity index (χ4v) is 3.20. The Hall–Kier alpha value is -1.28. The molecule has 0 bridgehead atoms. The van der Waals surface area contributed by atoms with Crippen LogP contribution in [-0.2, 0) is 6.42 Å². The van der Waals surface area contributed by atoms with Gasteiger partial charge in [0.1, 0.15) is 0 Å². The summed E-state index contributed by atoms with van der Waals surface area (Å²) in [6, 6.07) is 8.61. The van der Waals surface area contributed by atoms with Crippen LogP contribution in [0, 0.1) is 0 Å². The van der Waals surface area contributed by atoms with Crippen molar-refractivity contribution in [2.45, 2.75) is 38.0 Å². The molecule has 0 spiro atoms. The molecule has 2 nitrogen and oxygen atoms in total. The zero-order chi connectivity index (χ0) is 11.7. The van der Waals surface area contributed by atoms with Gasteiger partial charge in [0, 0.05) is 16.6 Å². The van der Waals surface area contributed by atoms with Crippen molar-refractivity contribution < 1.29 is 0 Å². The number of nitrogens with one attached hydrogen (secondary N) is 1. The number of H-pyrrole nitrogens is 1. The summed E-state index contributed by atoms with van der Waals surface area (Å²) < 4.78 is 0. The molecule has 1 heterocycles. The Kier molecular flexibility index (Phi) is 2.89. The summed E-state index contributed by atoms with van der Waals surface area (Å²) in [4.78, 5) is 3.64. The molecular formula is C15H20N2. The summed E-state index contributed by atoms with van der Waals surface area (Å²) in [5, 5.41) is 1.37. The zero-order valence-corrected chi connectivity index (χ0v) is 10.2. The molecule has 2 heteroatoms. The molecule has 1 fully saturated rings. The number of hydrogen-bond acceptors (Lipinski definition) is 1. The smallest absolute Gasteiger partial charge is 0.0459 e. The van der Waals surface area contributed by atoms with Gasteiger partial charge in [-0.15, -0.1) is 0 Å². The first kappa shape index (κ1) is 10.8. The number of fused-ring (bicyclic) bond motifs is 1. The molecule has 0 amide bonds. The first-order chi connectivity index (χ1) is 8.40. The topological polar surface area (TPSA) is 41.8 Å². The summed E-state index contributed by atoms with van der Waals surface area (Å²) in [5.41, 5.74) is 9.97. The molecule has 2 aromatic rings. The number of aromatic nitrogens is 1. The predicted molar refractivity (Wildman–Crippen MR) is 72.3 cm³/mol. The molecule has 17 heavy (non-hydrogen) atoms. The molecule has 3 rings (SSSR count). The monoisotopic (exact) mass is 228 g/mol. The van der Waals surface area contributed by atoms with Crippen LogP contribution in [0.25, 0.3) is 10.9 Å². The average Bonchev–Trinajstić information content (AvgIpc) is 2.97. The second-order valence-corrected chi connectivity index (χ2v) is 5.08. The van der Waals surface area contributed by atoms with Gasteiger partial charge in [0.2, 0.25) is 0 Å². The van der Waals surface area contributed by atoms with E-state index in [0.717, 1.165) is 18.9 Å². The number of rotatable bonds is 3. The summed E-state index contributed by atoms with van der Waals surface area (Å²) in [6.45, 7) is 0.738. The highest BCUT2D eigenvalue weighted by molar-refractivity contribution is 5.84. The van der Waals surface area contributed by atoms with E-state index >= 15 is 0 Å². The number of nitrogens with two attached hydrogens (primary N) is 1. The van der Waals surface area contributed by atoms with Gasteiger partial charge >= 0.3 is 0 Å². The van der Waals surface area contributed by atoms with Gasteiger partial charge < -0.3 is 10.7 Å². The van der Waals surface area contributed by atoms with Gasteiger partial charge in [-0.05, 0) is 43.4 Å². The lowest BCUT2D eigenvalue weighted by Crippen LogP contribution is -2.06. The van der Waals surface area contributed by atoms with Crippen molar-refractivity contribution in [2.24, 2.45) is 5.73 Å². The van der Waals surface area contributed by atoms with E-state index in [2.05, 4.69) is 29.2 Å². The van der Waals surface area contributed by atoms with E-state index in [0.29, 0.717) is 0 Å². The minimum absolute atomic E-state index is 0.738. The predicted octanol–water partition coefficient (Wildman–Crippen LogP) is 3.33. The molecule has 3 N–H and O–H groups in total. The van der Waals surface area contributed by atoms with Gasteiger partial charge in [-0.25, -0.2) is 0 Å². The molecule has 1 aliphatic carbocycles. The van der Waals surface area contributed by atoms with Gasteiger partial charge in [0.25, 0.3) is 0 Å². The third-order valence-electron chi connectivity index (χ3n) is 4.00. The van der Waals surface area contributed by atoms with Crippen LogP contribution in [-0.4, -0.2) is 11.5 Å². The fraction of sp³-hybridized carbons (Fsp3) is 0.467. The Labute approximate surface area is 102 Å². The Balaban J connectivity index is 2.11. The van der Waals surface area contributed by atoms with E-state index < -0.39 is 0 Å². The first-order valence-electron chi connectivity index (χ1n) is 6.69. The Bertz CT molecular complexity index is 507. The molecule has 0 radical (unpaired) electrons. The minimum atomic E-state index is 0.738. The standard InChI is InChI=1S/C15H20N2/c16-10-9-13-12-7-3-4-8-14(12)17-15(13)11-5-1-2-6-11/h3-4,7-8,11,17H,1-2,5-6,9-10,16H2. The summed E-state index contributed by atoms with van der Waals surface area (Å²) in [7, 11) is 0. The second kappa shape index (κ2) is 4.53. The Morgan fingerprint density at radius 1 is 1.18 bits per heavy atom. The highest BCUT2D eigenvalue weighted by Gasteiger charge is 2.22. The van der Waals surface area contributed by atoms with Gasteiger partial charge in [0.15, 0.2) is 0 Å². The molecule has 0 saturated heterocycles. The average molecular weight is 228 g/mol. The van der Waals surface area contributed by atoms with Crippen molar-refractivity contribution >= 4 is 10.9 Å². The first-order valence-corrected chi connectivity index (χ1v) is 6.69. The molecule has 0 aliphatic heterocycles. The number of para-hydroxylation sites is 1. The van der Waals surface area contributed by atoms with Crippen LogP contribution < -0.4 is 5.73 Å². The molecule has 1 aliphatic rings. The van der Waals surface area contributed by atoms with Gasteiger partial charge in [0.05, 0.1) is 0 Å².